The number of benzene rings is 1. The fourth-order valence-electron chi connectivity index (χ4n) is 2.43. The Morgan fingerprint density at radius 2 is 1.85 bits per heavy atom. The second kappa shape index (κ2) is 8.35. The Hall–Kier alpha value is -2.36. The van der Waals surface area contributed by atoms with E-state index >= 15 is 0 Å². The van der Waals surface area contributed by atoms with Crippen LogP contribution in [0, 0.1) is 0 Å². The van der Waals surface area contributed by atoms with Gasteiger partial charge < -0.3 is 19.2 Å². The van der Waals surface area contributed by atoms with Gasteiger partial charge in [-0.15, -0.1) is 0 Å². The average Bonchev–Trinajstić information content (AvgIpc) is 3.18. The lowest BCUT2D eigenvalue weighted by Gasteiger charge is -2.24. The van der Waals surface area contributed by atoms with Crippen LogP contribution >= 0.6 is 0 Å². The van der Waals surface area contributed by atoms with Crippen molar-refractivity contribution in [1.29, 1.82) is 0 Å². The molecule has 1 aliphatic rings. The van der Waals surface area contributed by atoms with Gasteiger partial charge in [-0.3, -0.25) is 4.79 Å². The minimum absolute atomic E-state index is 0.0588. The zero-order valence-corrected chi connectivity index (χ0v) is 14.9. The summed E-state index contributed by atoms with van der Waals surface area (Å²) >= 11 is 0. The monoisotopic (exact) mass is 380 g/mol. The lowest BCUT2D eigenvalue weighted by molar-refractivity contribution is 0.0722. The van der Waals surface area contributed by atoms with Gasteiger partial charge in [-0.25, -0.2) is 8.42 Å². The number of hydrogen-bond acceptors (Lipinski definition) is 6. The van der Waals surface area contributed by atoms with Crippen molar-refractivity contribution in [3.63, 3.8) is 0 Å². The first kappa shape index (κ1) is 18.4. The maximum Gasteiger partial charge on any atom is 0.287 e. The number of carbonyl (C=O) groups excluding carboxylic acids is 1. The number of ether oxygens (including phenoxy) is 2. The van der Waals surface area contributed by atoms with Crippen LogP contribution < -0.4 is 10.1 Å². The highest BCUT2D eigenvalue weighted by Gasteiger charge is 2.29. The highest BCUT2D eigenvalue weighted by atomic mass is 32.2. The number of carbonyl (C=O) groups is 1. The van der Waals surface area contributed by atoms with E-state index in [2.05, 4.69) is 5.32 Å². The van der Waals surface area contributed by atoms with Crippen LogP contribution in [0.15, 0.2) is 52.0 Å². The van der Waals surface area contributed by atoms with Crippen LogP contribution in [0.1, 0.15) is 10.6 Å². The lowest BCUT2D eigenvalue weighted by atomic mass is 10.3. The minimum atomic E-state index is -3.75. The Kier molecular flexibility index (Phi) is 5.92. The summed E-state index contributed by atoms with van der Waals surface area (Å²) in [6.07, 6.45) is 0. The molecule has 2 aromatic rings. The Balaban J connectivity index is 1.52. The largest absolute Gasteiger partial charge is 0.492 e. The molecule has 8 nitrogen and oxygen atoms in total. The molecule has 1 N–H and O–H groups in total. The molecule has 0 atom stereocenters. The van der Waals surface area contributed by atoms with Crippen LogP contribution in [0.25, 0.3) is 0 Å². The van der Waals surface area contributed by atoms with Gasteiger partial charge in [0.25, 0.3) is 15.9 Å². The number of furan rings is 1. The highest BCUT2D eigenvalue weighted by Crippen LogP contribution is 2.19. The third-order valence-corrected chi connectivity index (χ3v) is 5.54. The van der Waals surface area contributed by atoms with Gasteiger partial charge in [-0.1, -0.05) is 18.2 Å². The topological polar surface area (TPSA) is 98.1 Å². The summed E-state index contributed by atoms with van der Waals surface area (Å²) in [5.74, 6) is 0.153. The van der Waals surface area contributed by atoms with Crippen LogP contribution in [-0.4, -0.2) is 58.1 Å². The molecule has 9 heteroatoms. The third-order valence-electron chi connectivity index (χ3n) is 3.77. The molecule has 0 saturated carbocycles. The summed E-state index contributed by atoms with van der Waals surface area (Å²) in [7, 11) is -3.75. The maximum absolute atomic E-state index is 12.5. The van der Waals surface area contributed by atoms with Crippen LogP contribution in [-0.2, 0) is 14.8 Å². The molecular weight excluding hydrogens is 360 g/mol. The molecule has 1 aromatic heterocycles. The summed E-state index contributed by atoms with van der Waals surface area (Å²) in [4.78, 5) is 12.1. The Morgan fingerprint density at radius 3 is 2.58 bits per heavy atom. The first-order valence-electron chi connectivity index (χ1n) is 8.21. The van der Waals surface area contributed by atoms with E-state index < -0.39 is 15.9 Å². The standard InChI is InChI=1S/C17H20N2O6S/c20-17(18-8-11-24-14-4-2-1-3-5-14)15-6-7-16(25-15)26(21,22)19-9-12-23-13-10-19/h1-7H,8-13H2,(H,18,20). The van der Waals surface area contributed by atoms with Gasteiger partial charge in [0.15, 0.2) is 5.76 Å². The average molecular weight is 380 g/mol. The molecule has 26 heavy (non-hydrogen) atoms. The zero-order chi connectivity index (χ0) is 18.4. The molecule has 0 spiro atoms. The minimum Gasteiger partial charge on any atom is -0.492 e. The van der Waals surface area contributed by atoms with E-state index in [1.165, 1.54) is 16.4 Å². The van der Waals surface area contributed by atoms with E-state index in [0.29, 0.717) is 19.0 Å². The van der Waals surface area contributed by atoms with Crippen molar-refractivity contribution in [3.8, 4) is 5.75 Å². The van der Waals surface area contributed by atoms with Crippen molar-refractivity contribution in [2.45, 2.75) is 5.09 Å². The molecule has 0 aliphatic carbocycles. The quantitative estimate of drug-likeness (QED) is 0.723. The first-order valence-corrected chi connectivity index (χ1v) is 9.65. The molecule has 1 fully saturated rings. The van der Waals surface area contributed by atoms with E-state index in [1.807, 2.05) is 30.3 Å². The van der Waals surface area contributed by atoms with Gasteiger partial charge in [0.05, 0.1) is 19.8 Å². The molecular formula is C17H20N2O6S. The second-order valence-electron chi connectivity index (χ2n) is 5.55. The van der Waals surface area contributed by atoms with Gasteiger partial charge >= 0.3 is 0 Å². The number of amides is 1. The lowest BCUT2D eigenvalue weighted by Crippen LogP contribution is -2.40. The van der Waals surface area contributed by atoms with Crippen molar-refractivity contribution in [2.75, 3.05) is 39.5 Å². The molecule has 3 rings (SSSR count). The first-order chi connectivity index (χ1) is 12.6. The molecule has 1 aromatic carbocycles. The zero-order valence-electron chi connectivity index (χ0n) is 14.1. The van der Waals surface area contributed by atoms with E-state index in [0.717, 1.165) is 0 Å². The molecule has 140 valence electrons. The summed E-state index contributed by atoms with van der Waals surface area (Å²) in [5.41, 5.74) is 0. The predicted molar refractivity (Wildman–Crippen MR) is 92.6 cm³/mol. The number of morpholine rings is 1. The number of sulfonamides is 1. The fraction of sp³-hybridized carbons (Fsp3) is 0.353. The van der Waals surface area contributed by atoms with Crippen molar-refractivity contribution >= 4 is 15.9 Å². The SMILES string of the molecule is O=C(NCCOc1ccccc1)c1ccc(S(=O)(=O)N2CCOCC2)o1. The summed E-state index contributed by atoms with van der Waals surface area (Å²) in [6.45, 7) is 1.77. The summed E-state index contributed by atoms with van der Waals surface area (Å²) < 4.78 is 42.1. The number of nitrogens with zero attached hydrogens (tertiary/aromatic N) is 1. The molecule has 1 amide bonds. The summed E-state index contributed by atoms with van der Waals surface area (Å²) in [6, 6.07) is 11.9. The van der Waals surface area contributed by atoms with Gasteiger partial charge in [0, 0.05) is 13.1 Å². The number of rotatable bonds is 7. The smallest absolute Gasteiger partial charge is 0.287 e. The van der Waals surface area contributed by atoms with E-state index in [1.54, 1.807) is 0 Å². The molecule has 0 bridgehead atoms. The molecule has 2 heterocycles. The van der Waals surface area contributed by atoms with E-state index in [9.17, 15) is 13.2 Å². The van der Waals surface area contributed by atoms with Gasteiger partial charge in [0.1, 0.15) is 12.4 Å². The number of hydrogen-bond donors (Lipinski definition) is 1. The summed E-state index contributed by atoms with van der Waals surface area (Å²) in [5, 5.41) is 2.38. The normalized spacial score (nSPS) is 15.5. The van der Waals surface area contributed by atoms with Crippen LogP contribution in [0.3, 0.4) is 0 Å². The van der Waals surface area contributed by atoms with Gasteiger partial charge in [0.2, 0.25) is 5.09 Å². The molecule has 1 saturated heterocycles. The van der Waals surface area contributed by atoms with Crippen LogP contribution in [0.5, 0.6) is 5.75 Å². The van der Waals surface area contributed by atoms with Crippen molar-refractivity contribution in [3.05, 3.63) is 48.2 Å². The molecule has 0 radical (unpaired) electrons. The highest BCUT2D eigenvalue weighted by molar-refractivity contribution is 7.89. The Bertz CT molecular complexity index is 828. The predicted octanol–water partition coefficient (Wildman–Crippen LogP) is 1.11. The molecule has 1 aliphatic heterocycles. The van der Waals surface area contributed by atoms with E-state index in [4.69, 9.17) is 13.9 Å². The third kappa shape index (κ3) is 4.43. The maximum atomic E-state index is 12.5. The number of para-hydroxylation sites is 1. The second-order valence-corrected chi connectivity index (χ2v) is 7.42. The Morgan fingerprint density at radius 1 is 1.12 bits per heavy atom. The van der Waals surface area contributed by atoms with Crippen molar-refractivity contribution in [1.82, 2.24) is 9.62 Å². The van der Waals surface area contributed by atoms with E-state index in [-0.39, 0.29) is 37.1 Å². The number of nitrogens with one attached hydrogen (secondary N) is 1. The van der Waals surface area contributed by atoms with Crippen molar-refractivity contribution < 1.29 is 27.1 Å². The van der Waals surface area contributed by atoms with Crippen LogP contribution in [0.4, 0.5) is 0 Å². The van der Waals surface area contributed by atoms with Crippen molar-refractivity contribution in [2.24, 2.45) is 0 Å². The molecule has 0 unspecified atom stereocenters. The van der Waals surface area contributed by atoms with Gasteiger partial charge in [-0.2, -0.15) is 4.31 Å². The van der Waals surface area contributed by atoms with Crippen LogP contribution in [0.2, 0.25) is 0 Å². The Labute approximate surface area is 151 Å². The fourth-order valence-corrected chi connectivity index (χ4v) is 3.75. The van der Waals surface area contributed by atoms with Gasteiger partial charge in [-0.05, 0) is 24.3 Å².